The van der Waals surface area contributed by atoms with Crippen LogP contribution in [0.4, 0.5) is 0 Å². The maximum Gasteiger partial charge on any atom is 0.262 e. The van der Waals surface area contributed by atoms with E-state index in [-0.39, 0.29) is 24.3 Å². The van der Waals surface area contributed by atoms with Gasteiger partial charge in [0.2, 0.25) is 11.8 Å². The Kier molecular flexibility index (Phi) is 6.28. The van der Waals surface area contributed by atoms with E-state index in [1.165, 1.54) is 11.3 Å². The molecule has 1 aliphatic heterocycles. The maximum absolute atomic E-state index is 12.9. The third kappa shape index (κ3) is 4.75. The highest BCUT2D eigenvalue weighted by Crippen LogP contribution is 2.37. The van der Waals surface area contributed by atoms with E-state index in [1.807, 2.05) is 26.0 Å². The van der Waals surface area contributed by atoms with Gasteiger partial charge in [0.05, 0.1) is 13.2 Å². The van der Waals surface area contributed by atoms with Gasteiger partial charge in [-0.3, -0.25) is 9.59 Å². The Morgan fingerprint density at radius 3 is 2.97 bits per heavy atom. The molecule has 3 aromatic heterocycles. The highest BCUT2D eigenvalue weighted by Gasteiger charge is 2.32. The molecule has 0 saturated carbocycles. The topological polar surface area (TPSA) is 110 Å². The Bertz CT molecular complexity index is 1090. The number of carbonyl (C=O) groups excluding carboxylic acids is 2. The van der Waals surface area contributed by atoms with Gasteiger partial charge in [0, 0.05) is 42.6 Å². The molecule has 4 heterocycles. The van der Waals surface area contributed by atoms with Crippen molar-refractivity contribution in [2.75, 3.05) is 19.7 Å². The number of hydrogen-bond acceptors (Lipinski definition) is 8. The molecule has 1 saturated heterocycles. The molecular weight excluding hydrogens is 418 g/mol. The summed E-state index contributed by atoms with van der Waals surface area (Å²) < 4.78 is 11.1. The van der Waals surface area contributed by atoms with E-state index >= 15 is 0 Å². The number of nitrogens with zero attached hydrogens (tertiary/aromatic N) is 4. The number of hydrogen-bond donors (Lipinski definition) is 1. The van der Waals surface area contributed by atoms with Crippen LogP contribution in [0.1, 0.15) is 53.3 Å². The first-order valence-corrected chi connectivity index (χ1v) is 11.1. The van der Waals surface area contributed by atoms with Crippen LogP contribution in [-0.4, -0.2) is 57.6 Å². The molecule has 9 nitrogen and oxygen atoms in total. The number of pyridine rings is 1. The van der Waals surface area contributed by atoms with Gasteiger partial charge in [0.25, 0.3) is 5.91 Å². The smallest absolute Gasteiger partial charge is 0.262 e. The second kappa shape index (κ2) is 9.11. The van der Waals surface area contributed by atoms with Gasteiger partial charge in [-0.2, -0.15) is 4.98 Å². The molecule has 4 rings (SSSR count). The molecule has 2 amide bonds. The van der Waals surface area contributed by atoms with Crippen LogP contribution < -0.4 is 5.32 Å². The SMILES string of the molecule is Cc1noc(CCC(=O)N2CCO[C@H](c3c(C(=O)NC(C)C)sc4ncccc34)C2)n1. The van der Waals surface area contributed by atoms with Crippen LogP contribution in [0.3, 0.4) is 0 Å². The summed E-state index contributed by atoms with van der Waals surface area (Å²) in [5.41, 5.74) is 0.802. The Morgan fingerprint density at radius 2 is 2.23 bits per heavy atom. The van der Waals surface area contributed by atoms with Gasteiger partial charge < -0.3 is 19.5 Å². The summed E-state index contributed by atoms with van der Waals surface area (Å²) in [4.78, 5) is 37.4. The van der Waals surface area contributed by atoms with E-state index in [1.54, 1.807) is 18.0 Å². The van der Waals surface area contributed by atoms with Crippen molar-refractivity contribution in [1.82, 2.24) is 25.3 Å². The molecule has 0 aliphatic carbocycles. The average Bonchev–Trinajstić information content (AvgIpc) is 3.35. The number of aromatic nitrogens is 3. The Morgan fingerprint density at radius 1 is 1.39 bits per heavy atom. The molecule has 3 aromatic rings. The summed E-state index contributed by atoms with van der Waals surface area (Å²) in [6.07, 6.45) is 1.99. The lowest BCUT2D eigenvalue weighted by atomic mass is 10.0. The van der Waals surface area contributed by atoms with E-state index in [9.17, 15) is 9.59 Å². The number of morpholine rings is 1. The normalized spacial score (nSPS) is 16.8. The number of ether oxygens (including phenoxy) is 1. The molecule has 0 unspecified atom stereocenters. The number of thiophene rings is 1. The first-order valence-electron chi connectivity index (χ1n) is 10.3. The molecule has 164 valence electrons. The Hall–Kier alpha value is -2.85. The quantitative estimate of drug-likeness (QED) is 0.623. The zero-order valence-electron chi connectivity index (χ0n) is 17.8. The van der Waals surface area contributed by atoms with Crippen molar-refractivity contribution in [3.05, 3.63) is 40.5 Å². The molecular formula is C21H25N5O4S. The van der Waals surface area contributed by atoms with Crippen LogP contribution in [0, 0.1) is 6.92 Å². The first kappa shape index (κ1) is 21.4. The van der Waals surface area contributed by atoms with Crippen molar-refractivity contribution in [2.24, 2.45) is 0 Å². The van der Waals surface area contributed by atoms with E-state index in [0.717, 1.165) is 15.8 Å². The highest BCUT2D eigenvalue weighted by atomic mass is 32.1. The van der Waals surface area contributed by atoms with Crippen molar-refractivity contribution < 1.29 is 18.8 Å². The summed E-state index contributed by atoms with van der Waals surface area (Å²) >= 11 is 1.35. The van der Waals surface area contributed by atoms with E-state index in [0.29, 0.717) is 42.7 Å². The summed E-state index contributed by atoms with van der Waals surface area (Å²) in [6, 6.07) is 3.81. The van der Waals surface area contributed by atoms with Crippen LogP contribution in [0.25, 0.3) is 10.2 Å². The number of fused-ring (bicyclic) bond motifs is 1. The van der Waals surface area contributed by atoms with Crippen LogP contribution in [-0.2, 0) is 16.0 Å². The van der Waals surface area contributed by atoms with Gasteiger partial charge in [-0.25, -0.2) is 4.98 Å². The van der Waals surface area contributed by atoms with E-state index in [2.05, 4.69) is 20.4 Å². The molecule has 1 atom stereocenters. The van der Waals surface area contributed by atoms with Gasteiger partial charge in [-0.05, 0) is 26.8 Å². The minimum Gasteiger partial charge on any atom is -0.370 e. The molecule has 1 fully saturated rings. The molecule has 1 aliphatic rings. The van der Waals surface area contributed by atoms with Gasteiger partial charge in [0.1, 0.15) is 15.8 Å². The Balaban J connectivity index is 1.54. The van der Waals surface area contributed by atoms with Gasteiger partial charge in [0.15, 0.2) is 5.82 Å². The monoisotopic (exact) mass is 443 g/mol. The first-order chi connectivity index (χ1) is 14.9. The van der Waals surface area contributed by atoms with Gasteiger partial charge in [-0.15, -0.1) is 11.3 Å². The zero-order chi connectivity index (χ0) is 22.0. The predicted molar refractivity (Wildman–Crippen MR) is 115 cm³/mol. The zero-order valence-corrected chi connectivity index (χ0v) is 18.6. The second-order valence-electron chi connectivity index (χ2n) is 7.76. The molecule has 0 radical (unpaired) electrons. The lowest BCUT2D eigenvalue weighted by Gasteiger charge is -2.33. The largest absolute Gasteiger partial charge is 0.370 e. The van der Waals surface area contributed by atoms with E-state index < -0.39 is 6.10 Å². The molecule has 0 spiro atoms. The standard InChI is InChI=1S/C21H25N5O4S/c1-12(2)23-20(28)19-18(14-5-4-8-22-21(14)31-19)15-11-26(9-10-29-15)17(27)7-6-16-24-13(3)25-30-16/h4-5,8,12,15H,6-7,9-11H2,1-3H3,(H,23,28)/t15-/m0/s1. The van der Waals surface area contributed by atoms with Crippen LogP contribution >= 0.6 is 11.3 Å². The van der Waals surface area contributed by atoms with Crippen LogP contribution in [0.15, 0.2) is 22.9 Å². The fourth-order valence-corrected chi connectivity index (χ4v) is 4.73. The van der Waals surface area contributed by atoms with Crippen LogP contribution in [0.2, 0.25) is 0 Å². The van der Waals surface area contributed by atoms with Crippen molar-refractivity contribution >= 4 is 33.4 Å². The number of carbonyl (C=O) groups is 2. The fraction of sp³-hybridized carbons (Fsp3) is 0.476. The highest BCUT2D eigenvalue weighted by molar-refractivity contribution is 7.20. The predicted octanol–water partition coefficient (Wildman–Crippen LogP) is 2.66. The summed E-state index contributed by atoms with van der Waals surface area (Å²) in [5.74, 6) is 0.860. The van der Waals surface area contributed by atoms with Crippen molar-refractivity contribution in [3.63, 3.8) is 0 Å². The van der Waals surface area contributed by atoms with Crippen molar-refractivity contribution in [3.8, 4) is 0 Å². The third-order valence-corrected chi connectivity index (χ3v) is 6.12. The number of nitrogens with one attached hydrogen (secondary N) is 1. The maximum atomic E-state index is 12.9. The Labute approximate surface area is 183 Å². The minimum absolute atomic E-state index is 0.00463. The summed E-state index contributed by atoms with van der Waals surface area (Å²) in [5, 5.41) is 7.60. The third-order valence-electron chi connectivity index (χ3n) is 4.99. The molecule has 0 aromatic carbocycles. The molecule has 31 heavy (non-hydrogen) atoms. The van der Waals surface area contributed by atoms with E-state index in [4.69, 9.17) is 9.26 Å². The molecule has 0 bridgehead atoms. The van der Waals surface area contributed by atoms with Gasteiger partial charge >= 0.3 is 0 Å². The summed E-state index contributed by atoms with van der Waals surface area (Å²) in [7, 11) is 0. The van der Waals surface area contributed by atoms with Crippen molar-refractivity contribution in [1.29, 1.82) is 0 Å². The number of amides is 2. The number of aryl methyl sites for hydroxylation is 2. The molecule has 10 heteroatoms. The minimum atomic E-state index is -0.394. The summed E-state index contributed by atoms with van der Waals surface area (Å²) in [6.45, 7) is 6.88. The lowest BCUT2D eigenvalue weighted by Crippen LogP contribution is -2.42. The average molecular weight is 444 g/mol. The number of rotatable bonds is 6. The lowest BCUT2D eigenvalue weighted by molar-refractivity contribution is -0.139. The molecule has 1 N–H and O–H groups in total. The second-order valence-corrected chi connectivity index (χ2v) is 8.76. The fourth-order valence-electron chi connectivity index (χ4n) is 3.63. The van der Waals surface area contributed by atoms with Gasteiger partial charge in [-0.1, -0.05) is 11.2 Å². The van der Waals surface area contributed by atoms with Crippen LogP contribution in [0.5, 0.6) is 0 Å². The van der Waals surface area contributed by atoms with Crippen molar-refractivity contribution in [2.45, 2.75) is 45.8 Å².